The largest absolute Gasteiger partial charge is 0.478 e. The van der Waals surface area contributed by atoms with Gasteiger partial charge >= 0.3 is 5.97 Å². The molecule has 1 aliphatic rings. The topological polar surface area (TPSA) is 42.2 Å². The van der Waals surface area contributed by atoms with Crippen molar-refractivity contribution in [2.75, 3.05) is 0 Å². The molecule has 16 heavy (non-hydrogen) atoms. The molecule has 1 aromatic heterocycles. The molecule has 3 rings (SSSR count). The number of hydrogen-bond donors (Lipinski definition) is 1. The Kier molecular flexibility index (Phi) is 2.07. The van der Waals surface area contributed by atoms with Gasteiger partial charge in [0.2, 0.25) is 0 Å². The molecular formula is C12H10BrNO2. The average Bonchev–Trinajstić information content (AvgIpc) is 3.00. The van der Waals surface area contributed by atoms with Crippen LogP contribution in [0.4, 0.5) is 0 Å². The fourth-order valence-corrected chi connectivity index (χ4v) is 2.40. The lowest BCUT2D eigenvalue weighted by atomic mass is 10.2. The van der Waals surface area contributed by atoms with Crippen LogP contribution in [0.5, 0.6) is 0 Å². The molecule has 0 spiro atoms. The van der Waals surface area contributed by atoms with Crippen LogP contribution in [0, 0.1) is 0 Å². The highest BCUT2D eigenvalue weighted by Gasteiger charge is 2.27. The highest BCUT2D eigenvalue weighted by molar-refractivity contribution is 9.10. The second kappa shape index (κ2) is 3.35. The molecular weight excluding hydrogens is 270 g/mol. The second-order valence-corrected chi connectivity index (χ2v) is 5.06. The van der Waals surface area contributed by atoms with Crippen molar-refractivity contribution in [1.82, 2.24) is 4.57 Å². The minimum atomic E-state index is -0.855. The number of halogens is 1. The van der Waals surface area contributed by atoms with Gasteiger partial charge in [0.05, 0.1) is 11.1 Å². The molecule has 0 unspecified atom stereocenters. The molecule has 3 nitrogen and oxygen atoms in total. The third-order valence-electron chi connectivity index (χ3n) is 2.97. The Bertz CT molecular complexity index is 584. The van der Waals surface area contributed by atoms with E-state index in [2.05, 4.69) is 20.5 Å². The molecule has 1 aliphatic carbocycles. The zero-order valence-corrected chi connectivity index (χ0v) is 10.1. The predicted molar refractivity (Wildman–Crippen MR) is 64.9 cm³/mol. The zero-order valence-electron chi connectivity index (χ0n) is 8.48. The fraction of sp³-hybridized carbons (Fsp3) is 0.250. The van der Waals surface area contributed by atoms with Crippen molar-refractivity contribution in [1.29, 1.82) is 0 Å². The molecule has 0 radical (unpaired) electrons. The lowest BCUT2D eigenvalue weighted by Gasteiger charge is -2.01. The Morgan fingerprint density at radius 3 is 2.81 bits per heavy atom. The quantitative estimate of drug-likeness (QED) is 0.915. The maximum Gasteiger partial charge on any atom is 0.337 e. The van der Waals surface area contributed by atoms with Gasteiger partial charge in [-0.25, -0.2) is 4.79 Å². The molecule has 0 aliphatic heterocycles. The molecule has 4 heteroatoms. The van der Waals surface area contributed by atoms with Gasteiger partial charge in [0.15, 0.2) is 0 Å². The van der Waals surface area contributed by atoms with E-state index in [0.29, 0.717) is 11.6 Å². The summed E-state index contributed by atoms with van der Waals surface area (Å²) in [6.45, 7) is 0. The summed E-state index contributed by atoms with van der Waals surface area (Å²) in [4.78, 5) is 11.1. The predicted octanol–water partition coefficient (Wildman–Crippen LogP) is 3.44. The van der Waals surface area contributed by atoms with Crippen LogP contribution in [0.15, 0.2) is 28.9 Å². The number of aromatic nitrogens is 1. The fourth-order valence-electron chi connectivity index (χ4n) is 2.05. The molecule has 0 amide bonds. The summed E-state index contributed by atoms with van der Waals surface area (Å²) < 4.78 is 3.07. The van der Waals surface area contributed by atoms with Crippen molar-refractivity contribution < 1.29 is 9.90 Å². The Labute approximate surface area is 101 Å². The molecule has 1 N–H and O–H groups in total. The van der Waals surface area contributed by atoms with Crippen molar-refractivity contribution in [3.63, 3.8) is 0 Å². The van der Waals surface area contributed by atoms with E-state index in [4.69, 9.17) is 5.11 Å². The summed E-state index contributed by atoms with van der Waals surface area (Å²) >= 11 is 3.42. The van der Waals surface area contributed by atoms with E-state index >= 15 is 0 Å². The number of rotatable bonds is 2. The van der Waals surface area contributed by atoms with Gasteiger partial charge in [-0.3, -0.25) is 0 Å². The molecule has 0 atom stereocenters. The van der Waals surface area contributed by atoms with Crippen molar-refractivity contribution in [2.45, 2.75) is 18.9 Å². The summed E-state index contributed by atoms with van der Waals surface area (Å²) in [7, 11) is 0. The molecule has 82 valence electrons. The third kappa shape index (κ3) is 1.45. The van der Waals surface area contributed by atoms with Gasteiger partial charge in [-0.1, -0.05) is 22.0 Å². The van der Waals surface area contributed by atoms with Crippen molar-refractivity contribution in [3.05, 3.63) is 34.4 Å². The van der Waals surface area contributed by atoms with Crippen LogP contribution in [-0.4, -0.2) is 15.6 Å². The van der Waals surface area contributed by atoms with Gasteiger partial charge in [0, 0.05) is 22.1 Å². The average molecular weight is 280 g/mol. The molecule has 2 aromatic rings. The zero-order chi connectivity index (χ0) is 11.3. The van der Waals surface area contributed by atoms with E-state index in [1.54, 1.807) is 6.20 Å². The third-order valence-corrected chi connectivity index (χ3v) is 3.46. The standard InChI is InChI=1S/C12H10BrNO2/c13-7-1-4-9-10(12(15)16)6-14(8-2-3-8)11(9)5-7/h1,4-6,8H,2-3H2,(H,15,16). The minimum Gasteiger partial charge on any atom is -0.478 e. The Balaban J connectivity index is 2.32. The van der Waals surface area contributed by atoms with Crippen LogP contribution in [0.3, 0.4) is 0 Å². The first kappa shape index (κ1) is 9.90. The maximum atomic E-state index is 11.1. The van der Waals surface area contributed by atoms with E-state index in [1.165, 1.54) is 0 Å². The van der Waals surface area contributed by atoms with E-state index in [0.717, 1.165) is 28.2 Å². The van der Waals surface area contributed by atoms with Gasteiger partial charge in [0.25, 0.3) is 0 Å². The summed E-state index contributed by atoms with van der Waals surface area (Å²) in [6.07, 6.45) is 4.06. The maximum absolute atomic E-state index is 11.1. The first-order valence-electron chi connectivity index (χ1n) is 5.20. The molecule has 1 saturated carbocycles. The van der Waals surface area contributed by atoms with E-state index in [-0.39, 0.29) is 0 Å². The summed E-state index contributed by atoms with van der Waals surface area (Å²) in [5, 5.41) is 9.96. The Morgan fingerprint density at radius 2 is 2.19 bits per heavy atom. The summed E-state index contributed by atoms with van der Waals surface area (Å²) in [5.41, 5.74) is 1.41. The van der Waals surface area contributed by atoms with Gasteiger partial charge in [-0.2, -0.15) is 0 Å². The number of benzene rings is 1. The Morgan fingerprint density at radius 1 is 1.44 bits per heavy atom. The van der Waals surface area contributed by atoms with Gasteiger partial charge in [-0.05, 0) is 25.0 Å². The van der Waals surface area contributed by atoms with Crippen LogP contribution in [0.25, 0.3) is 10.9 Å². The second-order valence-electron chi connectivity index (χ2n) is 4.15. The highest BCUT2D eigenvalue weighted by Crippen LogP contribution is 2.39. The van der Waals surface area contributed by atoms with Crippen LogP contribution >= 0.6 is 15.9 Å². The number of aromatic carboxylic acids is 1. The van der Waals surface area contributed by atoms with E-state index in [9.17, 15) is 4.79 Å². The van der Waals surface area contributed by atoms with Crippen LogP contribution in [-0.2, 0) is 0 Å². The number of fused-ring (bicyclic) bond motifs is 1. The minimum absolute atomic E-state index is 0.398. The van der Waals surface area contributed by atoms with Crippen molar-refractivity contribution in [2.24, 2.45) is 0 Å². The van der Waals surface area contributed by atoms with Gasteiger partial charge in [-0.15, -0.1) is 0 Å². The molecule has 0 saturated heterocycles. The number of carboxylic acid groups (broad SMARTS) is 1. The Hall–Kier alpha value is -1.29. The van der Waals surface area contributed by atoms with Gasteiger partial charge < -0.3 is 9.67 Å². The number of carbonyl (C=O) groups is 1. The summed E-state index contributed by atoms with van der Waals surface area (Å²) in [6, 6.07) is 6.22. The number of nitrogens with zero attached hydrogens (tertiary/aromatic N) is 1. The molecule has 1 heterocycles. The van der Waals surface area contributed by atoms with Crippen molar-refractivity contribution >= 4 is 32.8 Å². The summed E-state index contributed by atoms with van der Waals surface area (Å²) in [5.74, 6) is -0.855. The first-order valence-corrected chi connectivity index (χ1v) is 5.99. The monoisotopic (exact) mass is 279 g/mol. The highest BCUT2D eigenvalue weighted by atomic mass is 79.9. The molecule has 1 fully saturated rings. The molecule has 1 aromatic carbocycles. The van der Waals surface area contributed by atoms with Crippen LogP contribution < -0.4 is 0 Å². The lowest BCUT2D eigenvalue weighted by molar-refractivity contribution is 0.0699. The smallest absolute Gasteiger partial charge is 0.337 e. The lowest BCUT2D eigenvalue weighted by Crippen LogP contribution is -1.94. The van der Waals surface area contributed by atoms with Crippen LogP contribution in [0.1, 0.15) is 29.2 Å². The molecule has 0 bridgehead atoms. The van der Waals surface area contributed by atoms with Crippen molar-refractivity contribution in [3.8, 4) is 0 Å². The van der Waals surface area contributed by atoms with Gasteiger partial charge in [0.1, 0.15) is 0 Å². The number of carboxylic acids is 1. The normalized spacial score (nSPS) is 15.6. The SMILES string of the molecule is O=C(O)c1cn(C2CC2)c2cc(Br)ccc12. The number of hydrogen-bond acceptors (Lipinski definition) is 1. The van der Waals surface area contributed by atoms with Crippen LogP contribution in [0.2, 0.25) is 0 Å². The van der Waals surface area contributed by atoms with E-state index < -0.39 is 5.97 Å². The first-order chi connectivity index (χ1) is 7.66. The van der Waals surface area contributed by atoms with E-state index in [1.807, 2.05) is 18.2 Å².